The minimum absolute atomic E-state index is 0.255. The molecule has 19 heavy (non-hydrogen) atoms. The SMILES string of the molecule is CCC(CC)P(=O)(Oc1ccc(Cl)cc1)OS(=O)[O-]. The lowest BCUT2D eigenvalue weighted by molar-refractivity contribution is 0.354. The molecule has 1 rings (SSSR count). The van der Waals surface area contributed by atoms with Crippen LogP contribution in [0.2, 0.25) is 5.02 Å². The van der Waals surface area contributed by atoms with Crippen molar-refractivity contribution in [2.45, 2.75) is 32.3 Å². The van der Waals surface area contributed by atoms with E-state index in [9.17, 15) is 13.3 Å². The summed E-state index contributed by atoms with van der Waals surface area (Å²) >= 11 is 2.83. The fourth-order valence-corrected chi connectivity index (χ4v) is 4.49. The molecule has 0 saturated carbocycles. The van der Waals surface area contributed by atoms with Crippen LogP contribution in [-0.4, -0.2) is 14.4 Å². The maximum absolute atomic E-state index is 12.6. The molecule has 0 radical (unpaired) electrons. The molecule has 2 unspecified atom stereocenters. The molecule has 0 aliphatic rings. The Morgan fingerprint density at radius 2 is 1.84 bits per heavy atom. The monoisotopic (exact) mass is 325 g/mol. The van der Waals surface area contributed by atoms with E-state index in [0.29, 0.717) is 17.9 Å². The predicted octanol–water partition coefficient (Wildman–Crippen LogP) is 3.91. The van der Waals surface area contributed by atoms with Gasteiger partial charge >= 0.3 is 7.60 Å². The molecule has 0 fully saturated rings. The van der Waals surface area contributed by atoms with Crippen molar-refractivity contribution in [2.24, 2.45) is 0 Å². The van der Waals surface area contributed by atoms with Crippen LogP contribution in [0.4, 0.5) is 0 Å². The van der Waals surface area contributed by atoms with Gasteiger partial charge in [0.15, 0.2) is 0 Å². The molecule has 0 aliphatic carbocycles. The number of hydrogen-bond donors (Lipinski definition) is 0. The first kappa shape index (κ1) is 16.7. The van der Waals surface area contributed by atoms with Crippen molar-refractivity contribution < 1.29 is 21.8 Å². The second-order valence-corrected chi connectivity index (χ2v) is 7.27. The summed E-state index contributed by atoms with van der Waals surface area (Å²) in [4.78, 5) is 0. The summed E-state index contributed by atoms with van der Waals surface area (Å²) in [5.74, 6) is 0.255. The first-order valence-electron chi connectivity index (χ1n) is 5.75. The average molecular weight is 326 g/mol. The van der Waals surface area contributed by atoms with E-state index >= 15 is 0 Å². The molecule has 1 aromatic rings. The summed E-state index contributed by atoms with van der Waals surface area (Å²) in [6.45, 7) is 3.59. The van der Waals surface area contributed by atoms with Crippen molar-refractivity contribution in [2.75, 3.05) is 0 Å². The second-order valence-electron chi connectivity index (χ2n) is 3.83. The van der Waals surface area contributed by atoms with Gasteiger partial charge in [0.05, 0.1) is 17.0 Å². The number of halogens is 1. The van der Waals surface area contributed by atoms with Gasteiger partial charge < -0.3 is 9.08 Å². The Bertz CT molecular complexity index is 474. The smallest absolute Gasteiger partial charge is 0.394 e. The summed E-state index contributed by atoms with van der Waals surface area (Å²) < 4.78 is 43.8. The van der Waals surface area contributed by atoms with E-state index < -0.39 is 24.6 Å². The average Bonchev–Trinajstić information content (AvgIpc) is 2.32. The molecule has 108 valence electrons. The zero-order valence-corrected chi connectivity index (χ0v) is 13.0. The first-order valence-corrected chi connectivity index (χ1v) is 8.74. The summed E-state index contributed by atoms with van der Waals surface area (Å²) in [6.07, 6.45) is 0.969. The van der Waals surface area contributed by atoms with Crippen molar-refractivity contribution in [3.63, 3.8) is 0 Å². The van der Waals surface area contributed by atoms with Gasteiger partial charge in [-0.15, -0.1) is 0 Å². The second kappa shape index (κ2) is 7.41. The normalized spacial score (nSPS) is 16.1. The number of benzene rings is 1. The van der Waals surface area contributed by atoms with Crippen LogP contribution in [0.5, 0.6) is 5.75 Å². The largest absolute Gasteiger partial charge is 0.749 e. The lowest BCUT2D eigenvalue weighted by Gasteiger charge is -2.25. The molecule has 0 bridgehead atoms. The third kappa shape index (κ3) is 4.89. The molecular formula is C11H15ClO5PS-. The topological polar surface area (TPSA) is 75.7 Å². The minimum atomic E-state index is -3.78. The summed E-state index contributed by atoms with van der Waals surface area (Å²) in [7, 11) is -3.78. The van der Waals surface area contributed by atoms with Crippen molar-refractivity contribution in [3.05, 3.63) is 29.3 Å². The Morgan fingerprint density at radius 3 is 2.26 bits per heavy atom. The van der Waals surface area contributed by atoms with Gasteiger partial charge in [-0.3, -0.25) is 0 Å². The zero-order valence-electron chi connectivity index (χ0n) is 10.6. The molecular weight excluding hydrogens is 311 g/mol. The Kier molecular flexibility index (Phi) is 6.50. The molecule has 0 N–H and O–H groups in total. The molecule has 0 amide bonds. The molecule has 2 atom stereocenters. The van der Waals surface area contributed by atoms with Crippen LogP contribution in [0, 0.1) is 0 Å². The Morgan fingerprint density at radius 1 is 1.32 bits per heavy atom. The summed E-state index contributed by atoms with van der Waals surface area (Å²) in [5, 5.41) is 0.498. The molecule has 1 aromatic carbocycles. The standard InChI is InChI=1S/C11H16ClO5PS/c1-3-11(4-2)18(13,17-19(14)15)16-10-7-5-9(12)6-8-10/h5-8,11H,3-4H2,1-2H3,(H,14,15)/p-1. The van der Waals surface area contributed by atoms with Crippen LogP contribution in [-0.2, 0) is 19.9 Å². The van der Waals surface area contributed by atoms with E-state index in [-0.39, 0.29) is 5.75 Å². The molecule has 0 aliphatic heterocycles. The van der Waals surface area contributed by atoms with Crippen LogP contribution < -0.4 is 4.52 Å². The van der Waals surface area contributed by atoms with Gasteiger partial charge in [-0.25, -0.2) is 12.7 Å². The van der Waals surface area contributed by atoms with Crippen molar-refractivity contribution in [3.8, 4) is 5.75 Å². The molecule has 0 saturated heterocycles. The van der Waals surface area contributed by atoms with Gasteiger partial charge in [-0.05, 0) is 37.1 Å². The lowest BCUT2D eigenvalue weighted by Crippen LogP contribution is -2.14. The highest BCUT2D eigenvalue weighted by molar-refractivity contribution is 7.80. The van der Waals surface area contributed by atoms with E-state index in [0.717, 1.165) is 0 Å². The lowest BCUT2D eigenvalue weighted by atomic mass is 10.3. The Labute approximate surface area is 120 Å². The van der Waals surface area contributed by atoms with Crippen molar-refractivity contribution in [1.29, 1.82) is 0 Å². The Balaban J connectivity index is 3.00. The van der Waals surface area contributed by atoms with Crippen molar-refractivity contribution in [1.82, 2.24) is 0 Å². The van der Waals surface area contributed by atoms with E-state index in [1.54, 1.807) is 26.0 Å². The summed E-state index contributed by atoms with van der Waals surface area (Å²) in [6, 6.07) is 6.13. The predicted molar refractivity (Wildman–Crippen MR) is 74.1 cm³/mol. The number of rotatable bonds is 7. The van der Waals surface area contributed by atoms with E-state index in [2.05, 4.69) is 3.97 Å². The summed E-state index contributed by atoms with van der Waals surface area (Å²) in [5.41, 5.74) is -0.485. The molecule has 8 heteroatoms. The zero-order chi connectivity index (χ0) is 14.5. The van der Waals surface area contributed by atoms with Gasteiger partial charge in [-0.1, -0.05) is 25.4 Å². The molecule has 0 aromatic heterocycles. The molecule has 0 spiro atoms. The first-order chi connectivity index (χ1) is 8.91. The molecule has 0 heterocycles. The Hall–Kier alpha value is -0.390. The highest BCUT2D eigenvalue weighted by Crippen LogP contribution is 2.55. The third-order valence-electron chi connectivity index (χ3n) is 2.60. The van der Waals surface area contributed by atoms with Crippen LogP contribution in [0.25, 0.3) is 0 Å². The fourth-order valence-electron chi connectivity index (χ4n) is 1.61. The van der Waals surface area contributed by atoms with Gasteiger partial charge in [0, 0.05) is 5.02 Å². The third-order valence-corrected chi connectivity index (χ3v) is 6.26. The van der Waals surface area contributed by atoms with Crippen LogP contribution in [0.1, 0.15) is 26.7 Å². The van der Waals surface area contributed by atoms with Crippen molar-refractivity contribution >= 4 is 30.6 Å². The minimum Gasteiger partial charge on any atom is -0.749 e. The van der Waals surface area contributed by atoms with Gasteiger partial charge in [0.25, 0.3) is 0 Å². The fraction of sp³-hybridized carbons (Fsp3) is 0.455. The van der Waals surface area contributed by atoms with Crippen LogP contribution in [0.15, 0.2) is 24.3 Å². The van der Waals surface area contributed by atoms with E-state index in [1.807, 2.05) is 0 Å². The maximum atomic E-state index is 12.6. The maximum Gasteiger partial charge on any atom is 0.394 e. The van der Waals surface area contributed by atoms with Gasteiger partial charge in [0.2, 0.25) is 0 Å². The van der Waals surface area contributed by atoms with Gasteiger partial charge in [0.1, 0.15) is 5.75 Å². The van der Waals surface area contributed by atoms with Crippen LogP contribution >= 0.6 is 19.2 Å². The molecule has 5 nitrogen and oxygen atoms in total. The highest BCUT2D eigenvalue weighted by Gasteiger charge is 2.36. The van der Waals surface area contributed by atoms with Gasteiger partial charge in [-0.2, -0.15) is 0 Å². The highest BCUT2D eigenvalue weighted by atomic mass is 35.5. The quantitative estimate of drug-likeness (QED) is 0.561. The van der Waals surface area contributed by atoms with E-state index in [1.165, 1.54) is 12.1 Å². The van der Waals surface area contributed by atoms with Crippen LogP contribution in [0.3, 0.4) is 0 Å². The number of hydrogen-bond acceptors (Lipinski definition) is 5. The van der Waals surface area contributed by atoms with E-state index in [4.69, 9.17) is 16.1 Å².